The molecule has 0 saturated carbocycles. The third kappa shape index (κ3) is 5.63. The maximum atomic E-state index is 11.5. The Morgan fingerprint density at radius 3 is 2.29 bits per heavy atom. The molecular weight excluding hydrogens is 298 g/mol. The van der Waals surface area contributed by atoms with Crippen LogP contribution in [-0.4, -0.2) is 32.1 Å². The number of carbonyl (C=O) groups excluding carboxylic acids is 1. The van der Waals surface area contributed by atoms with Crippen molar-refractivity contribution in [3.05, 3.63) is 36.4 Å². The van der Waals surface area contributed by atoms with E-state index in [0.29, 0.717) is 5.69 Å². The molecular formula is C12H15N3O5S. The summed E-state index contributed by atoms with van der Waals surface area (Å²) in [6.07, 6.45) is 0.118. The number of hydrogen-bond donors (Lipinski definition) is 4. The van der Waals surface area contributed by atoms with Gasteiger partial charge in [-0.3, -0.25) is 0 Å². The summed E-state index contributed by atoms with van der Waals surface area (Å²) < 4.78 is 22.1. The predicted molar refractivity (Wildman–Crippen MR) is 76.2 cm³/mol. The second-order valence-electron chi connectivity index (χ2n) is 4.11. The Hall–Kier alpha value is -2.39. The van der Waals surface area contributed by atoms with E-state index < -0.39 is 22.0 Å². The zero-order valence-corrected chi connectivity index (χ0v) is 11.8. The molecule has 0 aliphatic rings. The van der Waals surface area contributed by atoms with Crippen LogP contribution in [0.2, 0.25) is 0 Å². The van der Waals surface area contributed by atoms with Crippen LogP contribution in [0.1, 0.15) is 6.42 Å². The largest absolute Gasteiger partial charge is 0.478 e. The topological polar surface area (TPSA) is 139 Å². The highest BCUT2D eigenvalue weighted by Gasteiger charge is 2.08. The lowest BCUT2D eigenvalue weighted by molar-refractivity contribution is -0.132. The molecule has 114 valence electrons. The van der Waals surface area contributed by atoms with Crippen molar-refractivity contribution in [1.82, 2.24) is 5.32 Å². The van der Waals surface area contributed by atoms with Gasteiger partial charge in [-0.15, -0.1) is 0 Å². The minimum atomic E-state index is -3.77. The Bertz CT molecular complexity index is 652. The van der Waals surface area contributed by atoms with E-state index in [-0.39, 0.29) is 23.4 Å². The van der Waals surface area contributed by atoms with Crippen molar-refractivity contribution < 1.29 is 23.1 Å². The average molecular weight is 313 g/mol. The van der Waals surface area contributed by atoms with Gasteiger partial charge in [-0.1, -0.05) is 6.58 Å². The molecule has 5 N–H and O–H groups in total. The summed E-state index contributed by atoms with van der Waals surface area (Å²) in [6.45, 7) is 3.45. The number of benzene rings is 1. The standard InChI is InChI=1S/C12H15N3O5S/c1-8(11(16)17)6-7-14-12(18)15-9-2-4-10(5-3-9)21(13,19)20/h2-5H,1,6-7H2,(H,16,17)(H2,13,19,20)(H2,14,15,18). The summed E-state index contributed by atoms with van der Waals surface area (Å²) in [4.78, 5) is 21.9. The van der Waals surface area contributed by atoms with Crippen molar-refractivity contribution in [3.63, 3.8) is 0 Å². The number of carboxylic acid groups (broad SMARTS) is 1. The Morgan fingerprint density at radius 2 is 1.81 bits per heavy atom. The molecule has 8 nitrogen and oxygen atoms in total. The number of aliphatic carboxylic acids is 1. The number of carbonyl (C=O) groups is 2. The molecule has 0 atom stereocenters. The molecule has 21 heavy (non-hydrogen) atoms. The Balaban J connectivity index is 2.48. The van der Waals surface area contributed by atoms with Crippen molar-refractivity contribution in [2.45, 2.75) is 11.3 Å². The molecule has 0 saturated heterocycles. The molecule has 0 aromatic heterocycles. The molecule has 1 aromatic rings. The fraction of sp³-hybridized carbons (Fsp3) is 0.167. The smallest absolute Gasteiger partial charge is 0.331 e. The lowest BCUT2D eigenvalue weighted by Crippen LogP contribution is -2.30. The van der Waals surface area contributed by atoms with Crippen molar-refractivity contribution in [2.75, 3.05) is 11.9 Å². The average Bonchev–Trinajstić information content (AvgIpc) is 2.38. The van der Waals surface area contributed by atoms with Crippen LogP contribution in [0.3, 0.4) is 0 Å². The summed E-state index contributed by atoms with van der Waals surface area (Å²) in [6, 6.07) is 4.75. The normalized spacial score (nSPS) is 10.7. The molecule has 0 heterocycles. The van der Waals surface area contributed by atoms with Crippen molar-refractivity contribution in [1.29, 1.82) is 0 Å². The Morgan fingerprint density at radius 1 is 1.24 bits per heavy atom. The van der Waals surface area contributed by atoms with Gasteiger partial charge in [-0.2, -0.15) is 0 Å². The summed E-state index contributed by atoms with van der Waals surface area (Å²) >= 11 is 0. The van der Waals surface area contributed by atoms with Gasteiger partial charge in [-0.25, -0.2) is 23.1 Å². The number of nitrogens with one attached hydrogen (secondary N) is 2. The van der Waals surface area contributed by atoms with E-state index in [4.69, 9.17) is 10.2 Å². The highest BCUT2D eigenvalue weighted by Crippen LogP contribution is 2.12. The molecule has 1 aromatic carbocycles. The van der Waals surface area contributed by atoms with E-state index >= 15 is 0 Å². The van der Waals surface area contributed by atoms with Crippen LogP contribution in [0.4, 0.5) is 10.5 Å². The number of amides is 2. The maximum absolute atomic E-state index is 11.5. The Kier molecular flexibility index (Phi) is 5.44. The first-order valence-corrected chi connectivity index (χ1v) is 7.33. The van der Waals surface area contributed by atoms with Crippen LogP contribution in [0, 0.1) is 0 Å². The molecule has 0 radical (unpaired) electrons. The highest BCUT2D eigenvalue weighted by atomic mass is 32.2. The van der Waals surface area contributed by atoms with E-state index in [0.717, 1.165) is 0 Å². The maximum Gasteiger partial charge on any atom is 0.331 e. The van der Waals surface area contributed by atoms with Crippen molar-refractivity contribution >= 4 is 27.7 Å². The van der Waals surface area contributed by atoms with Crippen LogP contribution >= 0.6 is 0 Å². The lowest BCUT2D eigenvalue weighted by Gasteiger charge is -2.08. The van der Waals surface area contributed by atoms with Gasteiger partial charge >= 0.3 is 12.0 Å². The fourth-order valence-corrected chi connectivity index (χ4v) is 1.85. The number of carboxylic acids is 1. The summed E-state index contributed by atoms with van der Waals surface area (Å²) in [5, 5.41) is 18.4. The van der Waals surface area contributed by atoms with Gasteiger partial charge in [0.2, 0.25) is 10.0 Å². The van der Waals surface area contributed by atoms with E-state index in [1.165, 1.54) is 24.3 Å². The van der Waals surface area contributed by atoms with Crippen LogP contribution in [0.5, 0.6) is 0 Å². The second kappa shape index (κ2) is 6.86. The van der Waals surface area contributed by atoms with E-state index in [1.807, 2.05) is 0 Å². The number of sulfonamides is 1. The number of hydrogen-bond acceptors (Lipinski definition) is 4. The third-order valence-electron chi connectivity index (χ3n) is 2.46. The van der Waals surface area contributed by atoms with Crippen LogP contribution in [0.25, 0.3) is 0 Å². The minimum absolute atomic E-state index is 0.00666. The fourth-order valence-electron chi connectivity index (χ4n) is 1.34. The number of primary sulfonamides is 1. The van der Waals surface area contributed by atoms with Crippen LogP contribution < -0.4 is 15.8 Å². The first-order chi connectivity index (χ1) is 9.70. The van der Waals surface area contributed by atoms with Crippen molar-refractivity contribution in [2.24, 2.45) is 5.14 Å². The van der Waals surface area contributed by atoms with Crippen LogP contribution in [-0.2, 0) is 14.8 Å². The van der Waals surface area contributed by atoms with Crippen molar-refractivity contribution in [3.8, 4) is 0 Å². The van der Waals surface area contributed by atoms with Crippen LogP contribution in [0.15, 0.2) is 41.3 Å². The molecule has 0 spiro atoms. The molecule has 9 heteroatoms. The quantitative estimate of drug-likeness (QED) is 0.566. The highest BCUT2D eigenvalue weighted by molar-refractivity contribution is 7.89. The second-order valence-corrected chi connectivity index (χ2v) is 5.67. The molecule has 0 unspecified atom stereocenters. The first kappa shape index (κ1) is 16.7. The van der Waals surface area contributed by atoms with Gasteiger partial charge in [0, 0.05) is 17.8 Å². The molecule has 0 aliphatic heterocycles. The molecule has 0 bridgehead atoms. The zero-order valence-electron chi connectivity index (χ0n) is 11.0. The van der Waals surface area contributed by atoms with E-state index in [2.05, 4.69) is 17.2 Å². The van der Waals surface area contributed by atoms with Gasteiger partial charge < -0.3 is 15.7 Å². The Labute approximate surface area is 121 Å². The molecule has 0 fully saturated rings. The predicted octanol–water partition coefficient (Wildman–Crippen LogP) is 0.486. The molecule has 0 aliphatic carbocycles. The van der Waals surface area contributed by atoms with Gasteiger partial charge in [0.1, 0.15) is 0 Å². The number of urea groups is 1. The summed E-state index contributed by atoms with van der Waals surface area (Å²) in [5.74, 6) is -1.12. The summed E-state index contributed by atoms with van der Waals surface area (Å²) in [5.41, 5.74) is 0.366. The number of rotatable bonds is 6. The third-order valence-corrected chi connectivity index (χ3v) is 3.38. The number of anilines is 1. The van der Waals surface area contributed by atoms with E-state index in [9.17, 15) is 18.0 Å². The first-order valence-electron chi connectivity index (χ1n) is 5.79. The number of nitrogens with two attached hydrogens (primary N) is 1. The van der Waals surface area contributed by atoms with Gasteiger partial charge in [0.15, 0.2) is 0 Å². The monoisotopic (exact) mass is 313 g/mol. The van der Waals surface area contributed by atoms with Gasteiger partial charge in [-0.05, 0) is 30.7 Å². The van der Waals surface area contributed by atoms with E-state index in [1.54, 1.807) is 0 Å². The minimum Gasteiger partial charge on any atom is -0.478 e. The zero-order chi connectivity index (χ0) is 16.0. The van der Waals surface area contributed by atoms with Gasteiger partial charge in [0.25, 0.3) is 0 Å². The lowest BCUT2D eigenvalue weighted by atomic mass is 10.2. The summed E-state index contributed by atoms with van der Waals surface area (Å²) in [7, 11) is -3.77. The SMILES string of the molecule is C=C(CCNC(=O)Nc1ccc(S(N)(=O)=O)cc1)C(=O)O. The molecule has 1 rings (SSSR count). The van der Waals surface area contributed by atoms with Gasteiger partial charge in [0.05, 0.1) is 4.90 Å². The molecule has 2 amide bonds.